The van der Waals surface area contributed by atoms with Gasteiger partial charge in [0.1, 0.15) is 0 Å². The van der Waals surface area contributed by atoms with Crippen molar-refractivity contribution >= 4 is 11.9 Å². The number of nitrogens with two attached hydrogens (primary N) is 1. The molecule has 2 aliphatic heterocycles. The maximum atomic E-state index is 12.5. The Labute approximate surface area is 106 Å². The number of rotatable bonds is 1. The first-order valence-electron chi connectivity index (χ1n) is 6.73. The van der Waals surface area contributed by atoms with Gasteiger partial charge in [-0.25, -0.2) is 4.79 Å². The molecule has 6 nitrogen and oxygen atoms in total. The molecule has 1 aliphatic carbocycles. The average molecular weight is 252 g/mol. The van der Waals surface area contributed by atoms with Gasteiger partial charge in [-0.1, -0.05) is 12.8 Å². The smallest absolute Gasteiger partial charge is 0.317 e. The Hall–Kier alpha value is -1.30. The van der Waals surface area contributed by atoms with Gasteiger partial charge in [0.15, 0.2) is 0 Å². The van der Waals surface area contributed by atoms with Gasteiger partial charge in [0.05, 0.1) is 11.6 Å². The van der Waals surface area contributed by atoms with E-state index in [2.05, 4.69) is 5.32 Å². The molecular weight excluding hydrogens is 232 g/mol. The number of carbonyl (C=O) groups is 2. The van der Waals surface area contributed by atoms with E-state index in [-0.39, 0.29) is 18.0 Å². The first-order valence-corrected chi connectivity index (χ1v) is 6.73. The van der Waals surface area contributed by atoms with E-state index < -0.39 is 5.54 Å². The highest BCUT2D eigenvalue weighted by molar-refractivity contribution is 5.87. The van der Waals surface area contributed by atoms with Crippen LogP contribution in [0.15, 0.2) is 0 Å². The van der Waals surface area contributed by atoms with Crippen LogP contribution in [0, 0.1) is 0 Å². The van der Waals surface area contributed by atoms with Crippen molar-refractivity contribution in [3.05, 3.63) is 0 Å². The minimum atomic E-state index is -0.641. The first kappa shape index (κ1) is 11.8. The Morgan fingerprint density at radius 3 is 2.78 bits per heavy atom. The van der Waals surface area contributed by atoms with Gasteiger partial charge in [0.2, 0.25) is 5.91 Å². The van der Waals surface area contributed by atoms with Crippen molar-refractivity contribution in [3.63, 3.8) is 0 Å². The summed E-state index contributed by atoms with van der Waals surface area (Å²) in [5.41, 5.74) is 5.57. The highest BCUT2D eigenvalue weighted by Crippen LogP contribution is 2.30. The van der Waals surface area contributed by atoms with Gasteiger partial charge < -0.3 is 20.9 Å². The average Bonchev–Trinajstić information content (AvgIpc) is 2.96. The third kappa shape index (κ3) is 1.75. The molecule has 3 aliphatic rings. The van der Waals surface area contributed by atoms with Gasteiger partial charge in [-0.05, 0) is 12.8 Å². The van der Waals surface area contributed by atoms with Crippen LogP contribution in [0.5, 0.6) is 0 Å². The van der Waals surface area contributed by atoms with Crippen LogP contribution in [0.3, 0.4) is 0 Å². The summed E-state index contributed by atoms with van der Waals surface area (Å²) in [5, 5.41) is 2.82. The van der Waals surface area contributed by atoms with E-state index in [1.54, 1.807) is 0 Å². The van der Waals surface area contributed by atoms with Crippen molar-refractivity contribution in [2.24, 2.45) is 5.73 Å². The van der Waals surface area contributed by atoms with Crippen molar-refractivity contribution < 1.29 is 9.59 Å². The molecule has 2 saturated heterocycles. The molecule has 6 heteroatoms. The maximum absolute atomic E-state index is 12.5. The van der Waals surface area contributed by atoms with E-state index in [0.29, 0.717) is 26.2 Å². The molecule has 0 aromatic carbocycles. The van der Waals surface area contributed by atoms with Crippen LogP contribution in [0.4, 0.5) is 4.79 Å². The molecule has 3 rings (SSSR count). The SMILES string of the molecule is NC1(C(=O)N2CCN3C(=O)NCC3C2)CCCC1. The number of carbonyl (C=O) groups excluding carboxylic acids is 2. The molecule has 1 unspecified atom stereocenters. The predicted octanol–water partition coefficient (Wildman–Crippen LogP) is -0.506. The summed E-state index contributed by atoms with van der Waals surface area (Å²) in [6.45, 7) is 2.50. The zero-order valence-electron chi connectivity index (χ0n) is 10.5. The number of nitrogens with one attached hydrogen (secondary N) is 1. The lowest BCUT2D eigenvalue weighted by atomic mass is 9.96. The molecule has 100 valence electrons. The normalized spacial score (nSPS) is 30.3. The lowest BCUT2D eigenvalue weighted by molar-refractivity contribution is -0.139. The third-order valence-corrected chi connectivity index (χ3v) is 4.44. The van der Waals surface area contributed by atoms with Crippen LogP contribution in [-0.4, -0.2) is 59.5 Å². The fraction of sp³-hybridized carbons (Fsp3) is 0.833. The van der Waals surface area contributed by atoms with Gasteiger partial charge in [0, 0.05) is 26.2 Å². The predicted molar refractivity (Wildman–Crippen MR) is 65.9 cm³/mol. The molecular formula is C12H20N4O2. The number of nitrogens with zero attached hydrogens (tertiary/aromatic N) is 2. The van der Waals surface area contributed by atoms with Crippen LogP contribution in [-0.2, 0) is 4.79 Å². The second kappa shape index (κ2) is 4.12. The topological polar surface area (TPSA) is 78.7 Å². The van der Waals surface area contributed by atoms with Crippen molar-refractivity contribution in [3.8, 4) is 0 Å². The van der Waals surface area contributed by atoms with E-state index in [1.165, 1.54) is 0 Å². The van der Waals surface area contributed by atoms with Gasteiger partial charge in [-0.3, -0.25) is 4.79 Å². The molecule has 0 aromatic heterocycles. The molecule has 3 N–H and O–H groups in total. The molecule has 18 heavy (non-hydrogen) atoms. The molecule has 2 heterocycles. The van der Waals surface area contributed by atoms with Crippen LogP contribution < -0.4 is 11.1 Å². The highest BCUT2D eigenvalue weighted by atomic mass is 16.2. The summed E-state index contributed by atoms with van der Waals surface area (Å²) in [5.74, 6) is 0.0824. The Balaban J connectivity index is 1.68. The molecule has 3 fully saturated rings. The van der Waals surface area contributed by atoms with Gasteiger partial charge in [-0.2, -0.15) is 0 Å². The summed E-state index contributed by atoms with van der Waals surface area (Å²) >= 11 is 0. The van der Waals surface area contributed by atoms with E-state index >= 15 is 0 Å². The van der Waals surface area contributed by atoms with Crippen molar-refractivity contribution in [2.75, 3.05) is 26.2 Å². The Bertz CT molecular complexity index is 378. The fourth-order valence-corrected chi connectivity index (χ4v) is 3.32. The first-order chi connectivity index (χ1) is 8.60. The molecule has 0 bridgehead atoms. The van der Waals surface area contributed by atoms with Crippen LogP contribution in [0.25, 0.3) is 0 Å². The molecule has 0 aromatic rings. The highest BCUT2D eigenvalue weighted by Gasteiger charge is 2.43. The number of amides is 3. The fourth-order valence-electron chi connectivity index (χ4n) is 3.32. The van der Waals surface area contributed by atoms with Crippen molar-refractivity contribution in [1.82, 2.24) is 15.1 Å². The summed E-state index contributed by atoms with van der Waals surface area (Å²) in [6.07, 6.45) is 3.69. The monoisotopic (exact) mass is 252 g/mol. The molecule has 0 spiro atoms. The number of piperazine rings is 1. The van der Waals surface area contributed by atoms with Crippen LogP contribution in [0.2, 0.25) is 0 Å². The number of urea groups is 1. The third-order valence-electron chi connectivity index (χ3n) is 4.44. The summed E-state index contributed by atoms with van der Waals surface area (Å²) in [7, 11) is 0. The van der Waals surface area contributed by atoms with Gasteiger partial charge in [0.25, 0.3) is 0 Å². The quantitative estimate of drug-likeness (QED) is 0.660. The maximum Gasteiger partial charge on any atom is 0.317 e. The van der Waals surface area contributed by atoms with E-state index in [1.807, 2.05) is 9.80 Å². The number of fused-ring (bicyclic) bond motifs is 1. The lowest BCUT2D eigenvalue weighted by Gasteiger charge is -2.39. The Morgan fingerprint density at radius 1 is 1.33 bits per heavy atom. The van der Waals surface area contributed by atoms with Gasteiger partial charge in [-0.15, -0.1) is 0 Å². The summed E-state index contributed by atoms with van der Waals surface area (Å²) in [6, 6.07) is 0.121. The molecule has 0 radical (unpaired) electrons. The summed E-state index contributed by atoms with van der Waals surface area (Å²) < 4.78 is 0. The molecule has 1 saturated carbocycles. The summed E-state index contributed by atoms with van der Waals surface area (Å²) in [4.78, 5) is 27.6. The number of hydrogen-bond acceptors (Lipinski definition) is 3. The number of hydrogen-bond donors (Lipinski definition) is 2. The van der Waals surface area contributed by atoms with E-state index in [0.717, 1.165) is 25.7 Å². The minimum absolute atomic E-state index is 0.00423. The molecule has 3 amide bonds. The van der Waals surface area contributed by atoms with Crippen molar-refractivity contribution in [2.45, 2.75) is 37.3 Å². The van der Waals surface area contributed by atoms with E-state index in [9.17, 15) is 9.59 Å². The second-order valence-corrected chi connectivity index (χ2v) is 5.65. The second-order valence-electron chi connectivity index (χ2n) is 5.65. The van der Waals surface area contributed by atoms with E-state index in [4.69, 9.17) is 5.73 Å². The minimum Gasteiger partial charge on any atom is -0.337 e. The molecule has 1 atom stereocenters. The van der Waals surface area contributed by atoms with Gasteiger partial charge >= 0.3 is 6.03 Å². The largest absolute Gasteiger partial charge is 0.337 e. The zero-order chi connectivity index (χ0) is 12.8. The van der Waals surface area contributed by atoms with Crippen LogP contribution in [0.1, 0.15) is 25.7 Å². The van der Waals surface area contributed by atoms with Crippen LogP contribution >= 0.6 is 0 Å². The Morgan fingerprint density at radius 2 is 2.06 bits per heavy atom. The zero-order valence-corrected chi connectivity index (χ0v) is 10.5. The lowest BCUT2D eigenvalue weighted by Crippen LogP contribution is -2.60. The standard InChI is InChI=1S/C12H20N4O2/c13-12(3-1-2-4-12)10(17)15-5-6-16-9(8-15)7-14-11(16)18/h9H,1-8,13H2,(H,14,18). The Kier molecular flexibility index (Phi) is 2.69. The van der Waals surface area contributed by atoms with Crippen molar-refractivity contribution in [1.29, 1.82) is 0 Å².